The molecule has 1 amide bonds. The number of benzene rings is 2. The molecule has 1 aliphatic rings. The predicted octanol–water partition coefficient (Wildman–Crippen LogP) is 4.41. The molecule has 0 saturated carbocycles. The lowest BCUT2D eigenvalue weighted by molar-refractivity contribution is -0.115. The largest absolute Gasteiger partial charge is 0.324 e. The topological polar surface area (TPSA) is 29.1 Å². The fourth-order valence-corrected chi connectivity index (χ4v) is 4.05. The predicted molar refractivity (Wildman–Crippen MR) is 87.3 cm³/mol. The van der Waals surface area contributed by atoms with Gasteiger partial charge in [0.2, 0.25) is 5.91 Å². The minimum atomic E-state index is -0.0411. The van der Waals surface area contributed by atoms with E-state index in [9.17, 15) is 4.79 Å². The summed E-state index contributed by atoms with van der Waals surface area (Å²) in [5, 5.41) is 2.97. The summed E-state index contributed by atoms with van der Waals surface area (Å²) in [5.74, 6) is 0.0655. The molecule has 102 valence electrons. The molecule has 0 aromatic heterocycles. The number of thioether (sulfide) groups is 1. The van der Waals surface area contributed by atoms with Crippen LogP contribution in [0.5, 0.6) is 0 Å². The van der Waals surface area contributed by atoms with Crippen LogP contribution in [0, 0.1) is 6.92 Å². The number of rotatable bonds is 2. The van der Waals surface area contributed by atoms with Crippen LogP contribution in [0.25, 0.3) is 0 Å². The van der Waals surface area contributed by atoms with E-state index in [0.29, 0.717) is 0 Å². The van der Waals surface area contributed by atoms with Crippen LogP contribution in [0.3, 0.4) is 0 Å². The lowest BCUT2D eigenvalue weighted by Crippen LogP contribution is -2.24. The normalized spacial score (nSPS) is 16.8. The second-order valence-electron chi connectivity index (χ2n) is 4.89. The summed E-state index contributed by atoms with van der Waals surface area (Å²) in [4.78, 5) is 13.6. The average Bonchev–Trinajstić information content (AvgIpc) is 2.86. The van der Waals surface area contributed by atoms with Crippen LogP contribution in [-0.4, -0.2) is 11.2 Å². The molecule has 3 rings (SSSR count). The van der Waals surface area contributed by atoms with Crippen molar-refractivity contribution in [3.05, 3.63) is 58.1 Å². The van der Waals surface area contributed by atoms with E-state index in [0.717, 1.165) is 22.1 Å². The number of hydrogen-bond acceptors (Lipinski definition) is 2. The highest BCUT2D eigenvalue weighted by Crippen LogP contribution is 2.37. The molecular formula is C16H14BrNOS. The van der Waals surface area contributed by atoms with Gasteiger partial charge in [0.15, 0.2) is 0 Å². The highest BCUT2D eigenvalue weighted by molar-refractivity contribution is 9.10. The molecule has 0 bridgehead atoms. The smallest absolute Gasteiger partial charge is 0.238 e. The SMILES string of the molecule is Cc1ccc(NC(=O)C2Cc3ccccc3S2)c(Br)c1. The van der Waals surface area contributed by atoms with Gasteiger partial charge in [-0.2, -0.15) is 0 Å². The number of nitrogens with one attached hydrogen (secondary N) is 1. The molecular weight excluding hydrogens is 334 g/mol. The standard InChI is InChI=1S/C16H14BrNOS/c1-10-6-7-13(12(17)8-10)18-16(19)15-9-11-4-2-3-5-14(11)20-15/h2-8,15H,9H2,1H3,(H,18,19). The monoisotopic (exact) mass is 347 g/mol. The molecule has 0 aliphatic carbocycles. The molecule has 2 aromatic rings. The zero-order valence-corrected chi connectivity index (χ0v) is 13.4. The van der Waals surface area contributed by atoms with Crippen molar-refractivity contribution in [2.75, 3.05) is 5.32 Å². The molecule has 1 unspecified atom stereocenters. The Balaban J connectivity index is 1.72. The molecule has 2 nitrogen and oxygen atoms in total. The van der Waals surface area contributed by atoms with Crippen LogP contribution in [0.4, 0.5) is 5.69 Å². The number of carbonyl (C=O) groups excluding carboxylic acids is 1. The Hall–Kier alpha value is -1.26. The molecule has 0 fully saturated rings. The number of anilines is 1. The fourth-order valence-electron chi connectivity index (χ4n) is 2.26. The number of fused-ring (bicyclic) bond motifs is 1. The van der Waals surface area contributed by atoms with Gasteiger partial charge in [-0.05, 0) is 58.6 Å². The Labute approximate surface area is 131 Å². The van der Waals surface area contributed by atoms with Crippen molar-refractivity contribution in [1.29, 1.82) is 0 Å². The summed E-state index contributed by atoms with van der Waals surface area (Å²) in [6, 6.07) is 14.2. The second kappa shape index (κ2) is 5.62. The molecule has 1 N–H and O–H groups in total. The summed E-state index contributed by atoms with van der Waals surface area (Å²) in [6.45, 7) is 2.03. The van der Waals surface area contributed by atoms with E-state index in [1.165, 1.54) is 10.5 Å². The summed E-state index contributed by atoms with van der Waals surface area (Å²) in [6.07, 6.45) is 0.802. The first-order valence-electron chi connectivity index (χ1n) is 6.45. The maximum absolute atomic E-state index is 12.4. The highest BCUT2D eigenvalue weighted by Gasteiger charge is 2.28. The Morgan fingerprint density at radius 1 is 1.30 bits per heavy atom. The maximum Gasteiger partial charge on any atom is 0.238 e. The van der Waals surface area contributed by atoms with E-state index in [2.05, 4.69) is 33.4 Å². The molecule has 0 spiro atoms. The lowest BCUT2D eigenvalue weighted by Gasteiger charge is -2.11. The Kier molecular flexibility index (Phi) is 3.85. The zero-order valence-electron chi connectivity index (χ0n) is 11.0. The third kappa shape index (κ3) is 2.76. The van der Waals surface area contributed by atoms with Crippen LogP contribution in [0.15, 0.2) is 51.8 Å². The van der Waals surface area contributed by atoms with Gasteiger partial charge in [-0.3, -0.25) is 4.79 Å². The van der Waals surface area contributed by atoms with Crippen LogP contribution in [0.2, 0.25) is 0 Å². The number of halogens is 1. The Bertz CT molecular complexity index is 646. The maximum atomic E-state index is 12.4. The van der Waals surface area contributed by atoms with Gasteiger partial charge in [-0.15, -0.1) is 11.8 Å². The number of aryl methyl sites for hydroxylation is 1. The van der Waals surface area contributed by atoms with Crippen molar-refractivity contribution in [2.24, 2.45) is 0 Å². The fraction of sp³-hybridized carbons (Fsp3) is 0.188. The van der Waals surface area contributed by atoms with Crippen molar-refractivity contribution in [1.82, 2.24) is 0 Å². The van der Waals surface area contributed by atoms with E-state index in [1.54, 1.807) is 11.8 Å². The van der Waals surface area contributed by atoms with Gasteiger partial charge in [0, 0.05) is 9.37 Å². The van der Waals surface area contributed by atoms with Gasteiger partial charge < -0.3 is 5.32 Å². The molecule has 20 heavy (non-hydrogen) atoms. The highest BCUT2D eigenvalue weighted by atomic mass is 79.9. The van der Waals surface area contributed by atoms with Crippen molar-refractivity contribution in [3.63, 3.8) is 0 Å². The lowest BCUT2D eigenvalue weighted by atomic mass is 10.1. The van der Waals surface area contributed by atoms with Crippen molar-refractivity contribution < 1.29 is 4.79 Å². The van der Waals surface area contributed by atoms with E-state index in [1.807, 2.05) is 37.3 Å². The first-order valence-corrected chi connectivity index (χ1v) is 8.12. The number of carbonyl (C=O) groups is 1. The molecule has 1 aliphatic heterocycles. The van der Waals surface area contributed by atoms with Gasteiger partial charge in [0.1, 0.15) is 0 Å². The molecule has 0 saturated heterocycles. The zero-order chi connectivity index (χ0) is 14.1. The van der Waals surface area contributed by atoms with Crippen LogP contribution >= 0.6 is 27.7 Å². The molecule has 4 heteroatoms. The van der Waals surface area contributed by atoms with E-state index < -0.39 is 0 Å². The minimum Gasteiger partial charge on any atom is -0.324 e. The van der Waals surface area contributed by atoms with E-state index in [-0.39, 0.29) is 11.2 Å². The Morgan fingerprint density at radius 3 is 2.85 bits per heavy atom. The van der Waals surface area contributed by atoms with Gasteiger partial charge in [0.05, 0.1) is 10.9 Å². The summed E-state index contributed by atoms with van der Waals surface area (Å²) >= 11 is 5.14. The van der Waals surface area contributed by atoms with Crippen LogP contribution in [0.1, 0.15) is 11.1 Å². The first-order chi connectivity index (χ1) is 9.63. The molecule has 1 heterocycles. The number of hydrogen-bond donors (Lipinski definition) is 1. The van der Waals surface area contributed by atoms with Crippen LogP contribution in [-0.2, 0) is 11.2 Å². The third-order valence-corrected chi connectivity index (χ3v) is 5.30. The summed E-state index contributed by atoms with van der Waals surface area (Å²) in [7, 11) is 0. The average molecular weight is 348 g/mol. The van der Waals surface area contributed by atoms with Gasteiger partial charge in [-0.25, -0.2) is 0 Å². The van der Waals surface area contributed by atoms with Crippen LogP contribution < -0.4 is 5.32 Å². The van der Waals surface area contributed by atoms with E-state index in [4.69, 9.17) is 0 Å². The molecule has 0 radical (unpaired) electrons. The third-order valence-electron chi connectivity index (χ3n) is 3.32. The minimum absolute atomic E-state index is 0.0411. The van der Waals surface area contributed by atoms with E-state index >= 15 is 0 Å². The first kappa shape index (κ1) is 13.7. The second-order valence-corrected chi connectivity index (χ2v) is 6.99. The number of amides is 1. The molecule has 2 aromatic carbocycles. The van der Waals surface area contributed by atoms with Gasteiger partial charge in [-0.1, -0.05) is 24.3 Å². The summed E-state index contributed by atoms with van der Waals surface area (Å²) < 4.78 is 0.923. The van der Waals surface area contributed by atoms with Gasteiger partial charge in [0.25, 0.3) is 0 Å². The van der Waals surface area contributed by atoms with Crippen molar-refractivity contribution >= 4 is 39.3 Å². The quantitative estimate of drug-likeness (QED) is 0.871. The van der Waals surface area contributed by atoms with Crippen molar-refractivity contribution in [3.8, 4) is 0 Å². The summed E-state index contributed by atoms with van der Waals surface area (Å²) in [5.41, 5.74) is 3.26. The van der Waals surface area contributed by atoms with Crippen molar-refractivity contribution in [2.45, 2.75) is 23.5 Å². The Morgan fingerprint density at radius 2 is 2.10 bits per heavy atom. The molecule has 1 atom stereocenters. The van der Waals surface area contributed by atoms with Gasteiger partial charge >= 0.3 is 0 Å².